The third-order valence-electron chi connectivity index (χ3n) is 3.32. The minimum absolute atomic E-state index is 0.138. The number of rotatable bonds is 5. The standard InChI is InChI=1S/C15H13BrN6O2S/c1-9-6-10(16)2-3-11(9)19-13(23)7-17-15(24)14-12(4-5-25-14)22-8-18-20-21-22/h2-6,8H,7H2,1H3,(H,17,24)(H,19,23). The summed E-state index contributed by atoms with van der Waals surface area (Å²) >= 11 is 4.62. The van der Waals surface area contributed by atoms with Gasteiger partial charge in [0.25, 0.3) is 5.91 Å². The van der Waals surface area contributed by atoms with Gasteiger partial charge in [0.2, 0.25) is 5.91 Å². The number of carbonyl (C=O) groups is 2. The van der Waals surface area contributed by atoms with Gasteiger partial charge in [0.15, 0.2) is 0 Å². The molecule has 0 bridgehead atoms. The average molecular weight is 421 g/mol. The van der Waals surface area contributed by atoms with Gasteiger partial charge in [-0.2, -0.15) is 4.68 Å². The van der Waals surface area contributed by atoms with E-state index in [9.17, 15) is 9.59 Å². The van der Waals surface area contributed by atoms with E-state index in [-0.39, 0.29) is 18.4 Å². The number of tetrazole rings is 1. The summed E-state index contributed by atoms with van der Waals surface area (Å²) < 4.78 is 2.33. The zero-order chi connectivity index (χ0) is 17.8. The molecule has 2 aromatic heterocycles. The zero-order valence-corrected chi connectivity index (χ0v) is 15.5. The number of nitrogens with zero attached hydrogens (tertiary/aromatic N) is 4. The van der Waals surface area contributed by atoms with Crippen LogP contribution in [0, 0.1) is 6.92 Å². The number of hydrogen-bond acceptors (Lipinski definition) is 6. The summed E-state index contributed by atoms with van der Waals surface area (Å²) in [4.78, 5) is 24.8. The molecule has 3 aromatic rings. The van der Waals surface area contributed by atoms with Gasteiger partial charge in [0.05, 0.1) is 12.2 Å². The summed E-state index contributed by atoms with van der Waals surface area (Å²) in [5.41, 5.74) is 2.19. The van der Waals surface area contributed by atoms with Crippen LogP contribution >= 0.6 is 27.3 Å². The molecule has 1 aromatic carbocycles. The fraction of sp³-hybridized carbons (Fsp3) is 0.133. The number of halogens is 1. The maximum atomic E-state index is 12.3. The van der Waals surface area contributed by atoms with E-state index in [0.717, 1.165) is 10.0 Å². The maximum Gasteiger partial charge on any atom is 0.264 e. The van der Waals surface area contributed by atoms with Crippen molar-refractivity contribution < 1.29 is 9.59 Å². The topological polar surface area (TPSA) is 102 Å². The molecule has 10 heteroatoms. The molecule has 0 unspecified atom stereocenters. The minimum atomic E-state index is -0.358. The smallest absolute Gasteiger partial charge is 0.264 e. The highest BCUT2D eigenvalue weighted by atomic mass is 79.9. The molecular weight excluding hydrogens is 408 g/mol. The highest BCUT2D eigenvalue weighted by Gasteiger charge is 2.16. The molecule has 0 saturated carbocycles. The molecule has 0 aliphatic heterocycles. The van der Waals surface area contributed by atoms with Gasteiger partial charge in [-0.3, -0.25) is 9.59 Å². The van der Waals surface area contributed by atoms with Gasteiger partial charge in [-0.15, -0.1) is 16.4 Å². The van der Waals surface area contributed by atoms with Crippen molar-refractivity contribution >= 4 is 44.8 Å². The first-order valence-corrected chi connectivity index (χ1v) is 8.87. The van der Waals surface area contributed by atoms with Crippen LogP contribution in [-0.2, 0) is 4.79 Å². The second-order valence-corrected chi connectivity index (χ2v) is 6.91. The van der Waals surface area contributed by atoms with Crippen LogP contribution in [0.2, 0.25) is 0 Å². The molecule has 0 fully saturated rings. The summed E-state index contributed by atoms with van der Waals surface area (Å²) in [5.74, 6) is -0.664. The maximum absolute atomic E-state index is 12.3. The lowest BCUT2D eigenvalue weighted by Crippen LogP contribution is -2.33. The second-order valence-electron chi connectivity index (χ2n) is 5.08. The molecule has 0 atom stereocenters. The van der Waals surface area contributed by atoms with E-state index < -0.39 is 0 Å². The summed E-state index contributed by atoms with van der Waals surface area (Å²) in [6, 6.07) is 7.28. The van der Waals surface area contributed by atoms with Gasteiger partial charge in [0, 0.05) is 10.2 Å². The van der Waals surface area contributed by atoms with E-state index in [0.29, 0.717) is 16.3 Å². The van der Waals surface area contributed by atoms with Crippen molar-refractivity contribution in [3.05, 3.63) is 50.9 Å². The number of thiophene rings is 1. The molecule has 8 nitrogen and oxygen atoms in total. The van der Waals surface area contributed by atoms with Crippen molar-refractivity contribution in [1.82, 2.24) is 25.5 Å². The Labute approximate surface area is 155 Å². The van der Waals surface area contributed by atoms with Gasteiger partial charge in [-0.25, -0.2) is 0 Å². The van der Waals surface area contributed by atoms with Crippen molar-refractivity contribution in [2.45, 2.75) is 6.92 Å². The van der Waals surface area contributed by atoms with E-state index >= 15 is 0 Å². The normalized spacial score (nSPS) is 10.5. The molecule has 2 N–H and O–H groups in total. The number of aryl methyl sites for hydroxylation is 1. The number of anilines is 1. The third-order valence-corrected chi connectivity index (χ3v) is 4.71. The summed E-state index contributed by atoms with van der Waals surface area (Å²) in [7, 11) is 0. The third kappa shape index (κ3) is 4.09. The first kappa shape index (κ1) is 17.2. The molecule has 128 valence electrons. The number of hydrogen-bond donors (Lipinski definition) is 2. The van der Waals surface area contributed by atoms with Crippen LogP contribution in [0.4, 0.5) is 5.69 Å². The van der Waals surface area contributed by atoms with Crippen LogP contribution in [0.1, 0.15) is 15.2 Å². The first-order chi connectivity index (χ1) is 12.0. The molecule has 25 heavy (non-hydrogen) atoms. The molecule has 0 radical (unpaired) electrons. The predicted octanol–water partition coefficient (Wildman–Crippen LogP) is 2.16. The highest BCUT2D eigenvalue weighted by Crippen LogP contribution is 2.21. The lowest BCUT2D eigenvalue weighted by Gasteiger charge is -2.09. The zero-order valence-electron chi connectivity index (χ0n) is 13.1. The molecule has 2 heterocycles. The summed E-state index contributed by atoms with van der Waals surface area (Å²) in [6.07, 6.45) is 1.40. The lowest BCUT2D eigenvalue weighted by atomic mass is 10.2. The Kier molecular flexibility index (Phi) is 5.19. The minimum Gasteiger partial charge on any atom is -0.342 e. The Morgan fingerprint density at radius 1 is 1.32 bits per heavy atom. The van der Waals surface area contributed by atoms with Crippen LogP contribution < -0.4 is 10.6 Å². The van der Waals surface area contributed by atoms with Crippen molar-refractivity contribution in [1.29, 1.82) is 0 Å². The molecule has 2 amide bonds. The summed E-state index contributed by atoms with van der Waals surface area (Å²) in [5, 5.41) is 18.0. The van der Waals surface area contributed by atoms with E-state index in [1.165, 1.54) is 22.3 Å². The van der Waals surface area contributed by atoms with E-state index in [1.807, 2.05) is 19.1 Å². The van der Waals surface area contributed by atoms with Crippen molar-refractivity contribution in [2.24, 2.45) is 0 Å². The Bertz CT molecular complexity index is 909. The van der Waals surface area contributed by atoms with Crippen LogP contribution in [0.25, 0.3) is 5.69 Å². The van der Waals surface area contributed by atoms with Crippen LogP contribution in [0.5, 0.6) is 0 Å². The molecule has 0 aliphatic carbocycles. The van der Waals surface area contributed by atoms with Crippen molar-refractivity contribution in [3.8, 4) is 5.69 Å². The van der Waals surface area contributed by atoms with Gasteiger partial charge < -0.3 is 10.6 Å². The number of nitrogens with one attached hydrogen (secondary N) is 2. The average Bonchev–Trinajstić information content (AvgIpc) is 3.25. The largest absolute Gasteiger partial charge is 0.342 e. The quantitative estimate of drug-likeness (QED) is 0.658. The Morgan fingerprint density at radius 2 is 2.16 bits per heavy atom. The molecule has 3 rings (SSSR count). The Hall–Kier alpha value is -2.59. The second kappa shape index (κ2) is 7.53. The number of aromatic nitrogens is 4. The van der Waals surface area contributed by atoms with Crippen LogP contribution in [0.3, 0.4) is 0 Å². The van der Waals surface area contributed by atoms with E-state index in [1.54, 1.807) is 17.5 Å². The SMILES string of the molecule is Cc1cc(Br)ccc1NC(=O)CNC(=O)c1sccc1-n1cnnn1. The Morgan fingerprint density at radius 3 is 2.88 bits per heavy atom. The monoisotopic (exact) mass is 420 g/mol. The Balaban J connectivity index is 1.61. The molecule has 0 aliphatic rings. The number of amides is 2. The van der Waals surface area contributed by atoms with Gasteiger partial charge >= 0.3 is 0 Å². The van der Waals surface area contributed by atoms with Crippen LogP contribution in [0.15, 0.2) is 40.4 Å². The lowest BCUT2D eigenvalue weighted by molar-refractivity contribution is -0.115. The van der Waals surface area contributed by atoms with Gasteiger partial charge in [-0.1, -0.05) is 15.9 Å². The predicted molar refractivity (Wildman–Crippen MR) is 96.9 cm³/mol. The van der Waals surface area contributed by atoms with Gasteiger partial charge in [-0.05, 0) is 52.6 Å². The number of carbonyl (C=O) groups excluding carboxylic acids is 2. The van der Waals surface area contributed by atoms with E-state index in [2.05, 4.69) is 42.1 Å². The fourth-order valence-corrected chi connectivity index (χ4v) is 3.40. The first-order valence-electron chi connectivity index (χ1n) is 7.19. The summed E-state index contributed by atoms with van der Waals surface area (Å²) in [6.45, 7) is 1.75. The molecular formula is C15H13BrN6O2S. The van der Waals surface area contributed by atoms with Gasteiger partial charge in [0.1, 0.15) is 11.2 Å². The molecule has 0 saturated heterocycles. The fourth-order valence-electron chi connectivity index (χ4n) is 2.13. The van der Waals surface area contributed by atoms with Crippen molar-refractivity contribution in [3.63, 3.8) is 0 Å². The van der Waals surface area contributed by atoms with Crippen molar-refractivity contribution in [2.75, 3.05) is 11.9 Å². The highest BCUT2D eigenvalue weighted by molar-refractivity contribution is 9.10. The molecule has 0 spiro atoms. The van der Waals surface area contributed by atoms with E-state index in [4.69, 9.17) is 0 Å². The van der Waals surface area contributed by atoms with Crippen LogP contribution in [-0.4, -0.2) is 38.6 Å². The number of benzene rings is 1.